The number of amides is 1. The molecule has 4 nitrogen and oxygen atoms in total. The van der Waals surface area contributed by atoms with Crippen LogP contribution in [0.15, 0.2) is 40.3 Å². The van der Waals surface area contributed by atoms with Crippen LogP contribution in [0.1, 0.15) is 22.6 Å². The average molecular weight is 280 g/mol. The summed E-state index contributed by atoms with van der Waals surface area (Å²) >= 11 is 0. The Labute approximate surface area is 123 Å². The van der Waals surface area contributed by atoms with Crippen LogP contribution in [-0.4, -0.2) is 5.91 Å². The molecule has 1 aromatic heterocycles. The van der Waals surface area contributed by atoms with Gasteiger partial charge in [-0.2, -0.15) is 5.26 Å². The van der Waals surface area contributed by atoms with Gasteiger partial charge in [0.25, 0.3) is 5.91 Å². The van der Waals surface area contributed by atoms with E-state index < -0.39 is 5.91 Å². The van der Waals surface area contributed by atoms with Crippen LogP contribution in [0.3, 0.4) is 0 Å². The summed E-state index contributed by atoms with van der Waals surface area (Å²) in [4.78, 5) is 12.2. The standard InChI is InChI=1S/C17H16N2O2/c1-11-5-4-6-12(2)16(11)19-17(20)14(10-18)9-15-8-7-13(3)21-15/h4-9H,1-3H3,(H,19,20)/b14-9-. The van der Waals surface area contributed by atoms with Crippen LogP contribution in [0.25, 0.3) is 6.08 Å². The summed E-state index contributed by atoms with van der Waals surface area (Å²) in [5, 5.41) is 11.9. The fraction of sp³-hybridized carbons (Fsp3) is 0.176. The second-order valence-corrected chi connectivity index (χ2v) is 4.84. The van der Waals surface area contributed by atoms with Gasteiger partial charge in [-0.1, -0.05) is 18.2 Å². The van der Waals surface area contributed by atoms with E-state index in [2.05, 4.69) is 5.32 Å². The minimum atomic E-state index is -0.441. The number of carbonyl (C=O) groups is 1. The predicted octanol–water partition coefficient (Wildman–Crippen LogP) is 3.75. The van der Waals surface area contributed by atoms with Crippen LogP contribution < -0.4 is 5.32 Å². The van der Waals surface area contributed by atoms with E-state index in [9.17, 15) is 4.79 Å². The van der Waals surface area contributed by atoms with Crippen molar-refractivity contribution >= 4 is 17.7 Å². The molecule has 0 saturated heterocycles. The number of carbonyl (C=O) groups excluding carboxylic acids is 1. The third-order valence-electron chi connectivity index (χ3n) is 3.13. The van der Waals surface area contributed by atoms with Crippen molar-refractivity contribution in [1.82, 2.24) is 0 Å². The van der Waals surface area contributed by atoms with Gasteiger partial charge in [-0.3, -0.25) is 4.79 Å². The summed E-state index contributed by atoms with van der Waals surface area (Å²) in [6.45, 7) is 5.63. The van der Waals surface area contributed by atoms with E-state index in [-0.39, 0.29) is 5.57 Å². The summed E-state index contributed by atoms with van der Waals surface area (Å²) in [5.74, 6) is 0.776. The second kappa shape index (κ2) is 6.10. The lowest BCUT2D eigenvalue weighted by Crippen LogP contribution is -2.15. The maximum absolute atomic E-state index is 12.2. The van der Waals surface area contributed by atoms with Crippen molar-refractivity contribution in [3.8, 4) is 6.07 Å². The number of nitrogens with one attached hydrogen (secondary N) is 1. The van der Waals surface area contributed by atoms with Gasteiger partial charge in [0.05, 0.1) is 0 Å². The van der Waals surface area contributed by atoms with Gasteiger partial charge in [-0.05, 0) is 44.0 Å². The SMILES string of the molecule is Cc1ccc(/C=C(/C#N)C(=O)Nc2c(C)cccc2C)o1. The van der Waals surface area contributed by atoms with Gasteiger partial charge in [-0.15, -0.1) is 0 Å². The summed E-state index contributed by atoms with van der Waals surface area (Å²) in [6.07, 6.45) is 1.44. The summed E-state index contributed by atoms with van der Waals surface area (Å²) < 4.78 is 5.36. The number of hydrogen-bond acceptors (Lipinski definition) is 3. The fourth-order valence-electron chi connectivity index (χ4n) is 2.01. The van der Waals surface area contributed by atoms with Crippen LogP contribution in [0.4, 0.5) is 5.69 Å². The first kappa shape index (κ1) is 14.6. The maximum atomic E-state index is 12.2. The third-order valence-corrected chi connectivity index (χ3v) is 3.13. The highest BCUT2D eigenvalue weighted by atomic mass is 16.3. The summed E-state index contributed by atoms with van der Waals surface area (Å²) in [7, 11) is 0. The number of para-hydroxylation sites is 1. The van der Waals surface area contributed by atoms with E-state index >= 15 is 0 Å². The molecular formula is C17H16N2O2. The molecule has 0 radical (unpaired) electrons. The van der Waals surface area contributed by atoms with Gasteiger partial charge in [0, 0.05) is 11.8 Å². The minimum absolute atomic E-state index is 0.00648. The fourth-order valence-corrected chi connectivity index (χ4v) is 2.01. The molecule has 21 heavy (non-hydrogen) atoms. The molecule has 0 atom stereocenters. The Bertz CT molecular complexity index is 728. The Morgan fingerprint density at radius 3 is 2.38 bits per heavy atom. The van der Waals surface area contributed by atoms with Crippen LogP contribution >= 0.6 is 0 Å². The van der Waals surface area contributed by atoms with Crippen molar-refractivity contribution in [3.63, 3.8) is 0 Å². The lowest BCUT2D eigenvalue weighted by Gasteiger charge is -2.10. The van der Waals surface area contributed by atoms with Crippen molar-refractivity contribution < 1.29 is 9.21 Å². The molecule has 1 amide bonds. The molecule has 0 aliphatic rings. The molecule has 0 saturated carbocycles. The van der Waals surface area contributed by atoms with E-state index in [4.69, 9.17) is 9.68 Å². The molecule has 2 aromatic rings. The van der Waals surface area contributed by atoms with Gasteiger partial charge in [0.15, 0.2) is 0 Å². The Kier molecular flexibility index (Phi) is 4.24. The van der Waals surface area contributed by atoms with Crippen LogP contribution in [0.2, 0.25) is 0 Å². The highest BCUT2D eigenvalue weighted by Gasteiger charge is 2.13. The largest absolute Gasteiger partial charge is 0.462 e. The highest BCUT2D eigenvalue weighted by molar-refractivity contribution is 6.10. The molecule has 1 aromatic carbocycles. The maximum Gasteiger partial charge on any atom is 0.266 e. The van der Waals surface area contributed by atoms with E-state index in [1.807, 2.05) is 38.1 Å². The number of rotatable bonds is 3. The molecule has 0 bridgehead atoms. The smallest absolute Gasteiger partial charge is 0.266 e. The van der Waals surface area contributed by atoms with Crippen molar-refractivity contribution in [2.75, 3.05) is 5.32 Å². The molecule has 1 heterocycles. The first-order chi connectivity index (χ1) is 10.0. The number of anilines is 1. The monoisotopic (exact) mass is 280 g/mol. The number of benzene rings is 1. The van der Waals surface area contributed by atoms with Gasteiger partial charge in [0.1, 0.15) is 23.2 Å². The molecule has 106 valence electrons. The van der Waals surface area contributed by atoms with Crippen molar-refractivity contribution in [2.24, 2.45) is 0 Å². The predicted molar refractivity (Wildman–Crippen MR) is 81.6 cm³/mol. The van der Waals surface area contributed by atoms with Gasteiger partial charge in [-0.25, -0.2) is 0 Å². The minimum Gasteiger partial charge on any atom is -0.462 e. The van der Waals surface area contributed by atoms with Gasteiger partial charge in [0.2, 0.25) is 0 Å². The Balaban J connectivity index is 2.26. The van der Waals surface area contributed by atoms with Gasteiger partial charge >= 0.3 is 0 Å². The Hall–Kier alpha value is -2.80. The van der Waals surface area contributed by atoms with E-state index in [0.29, 0.717) is 5.76 Å². The van der Waals surface area contributed by atoms with Crippen molar-refractivity contribution in [3.05, 3.63) is 58.6 Å². The van der Waals surface area contributed by atoms with E-state index in [1.54, 1.807) is 19.1 Å². The number of furan rings is 1. The lowest BCUT2D eigenvalue weighted by atomic mass is 10.1. The number of nitriles is 1. The molecule has 0 fully saturated rings. The zero-order chi connectivity index (χ0) is 15.4. The molecule has 4 heteroatoms. The van der Waals surface area contributed by atoms with Crippen molar-refractivity contribution in [1.29, 1.82) is 5.26 Å². The van der Waals surface area contributed by atoms with Gasteiger partial charge < -0.3 is 9.73 Å². The van der Waals surface area contributed by atoms with E-state index in [1.165, 1.54) is 6.08 Å². The second-order valence-electron chi connectivity index (χ2n) is 4.84. The normalized spacial score (nSPS) is 11.0. The zero-order valence-corrected chi connectivity index (χ0v) is 12.2. The Morgan fingerprint density at radius 1 is 1.19 bits per heavy atom. The molecule has 0 aliphatic carbocycles. The zero-order valence-electron chi connectivity index (χ0n) is 12.2. The number of hydrogen-bond donors (Lipinski definition) is 1. The highest BCUT2D eigenvalue weighted by Crippen LogP contribution is 2.20. The van der Waals surface area contributed by atoms with Crippen LogP contribution in [-0.2, 0) is 4.79 Å². The molecule has 0 unspecified atom stereocenters. The number of aryl methyl sites for hydroxylation is 3. The van der Waals surface area contributed by atoms with Crippen molar-refractivity contribution in [2.45, 2.75) is 20.8 Å². The molecule has 2 rings (SSSR count). The average Bonchev–Trinajstić information content (AvgIpc) is 2.85. The molecule has 0 aliphatic heterocycles. The topological polar surface area (TPSA) is 66.0 Å². The lowest BCUT2D eigenvalue weighted by molar-refractivity contribution is -0.112. The third kappa shape index (κ3) is 3.40. The summed E-state index contributed by atoms with van der Waals surface area (Å²) in [5.41, 5.74) is 2.65. The Morgan fingerprint density at radius 2 is 1.86 bits per heavy atom. The summed E-state index contributed by atoms with van der Waals surface area (Å²) in [6, 6.07) is 11.2. The first-order valence-electron chi connectivity index (χ1n) is 6.57. The van der Waals surface area contributed by atoms with Crippen LogP contribution in [0.5, 0.6) is 0 Å². The quantitative estimate of drug-likeness (QED) is 0.687. The molecule has 0 spiro atoms. The van der Waals surface area contributed by atoms with E-state index in [0.717, 1.165) is 22.6 Å². The number of nitrogens with zero attached hydrogens (tertiary/aromatic N) is 1. The molecule has 1 N–H and O–H groups in total. The first-order valence-corrected chi connectivity index (χ1v) is 6.57. The molecular weight excluding hydrogens is 264 g/mol. The van der Waals surface area contributed by atoms with Crippen LogP contribution in [0, 0.1) is 32.1 Å².